The Morgan fingerprint density at radius 1 is 1.23 bits per heavy atom. The molecule has 1 heterocycles. The fraction of sp³-hybridized carbons (Fsp3) is 0.238. The van der Waals surface area contributed by atoms with Gasteiger partial charge in [-0.15, -0.1) is 0 Å². The molecule has 0 saturated carbocycles. The summed E-state index contributed by atoms with van der Waals surface area (Å²) < 4.78 is 12.3. The molecule has 3 rings (SSSR count). The molecule has 10 heteroatoms. The molecule has 4 N–H and O–H groups in total. The van der Waals surface area contributed by atoms with Gasteiger partial charge in [-0.25, -0.2) is 9.78 Å². The lowest BCUT2D eigenvalue weighted by Crippen LogP contribution is -2.26. The highest BCUT2D eigenvalue weighted by atomic mass is 16.5. The minimum absolute atomic E-state index is 0.186. The molecule has 3 amide bonds. The van der Waals surface area contributed by atoms with E-state index in [2.05, 4.69) is 15.6 Å². The van der Waals surface area contributed by atoms with Gasteiger partial charge >= 0.3 is 6.09 Å². The van der Waals surface area contributed by atoms with Gasteiger partial charge in [-0.1, -0.05) is 30.3 Å². The first-order chi connectivity index (χ1) is 15.0. The standard InChI is InChI=1S/C21H23N5O5/c1-30-17-11-15(19(22)28)10-16-18(17)26(20(25-16)24-13-27)9-5-8-23-21(29)31-12-14-6-3-2-4-7-14/h2-4,6-7,10-11,13H,5,8-9,12H2,1H3,(H2,22,28)(H,23,29)(H,24,25,27). The zero-order valence-electron chi connectivity index (χ0n) is 17.0. The number of ether oxygens (including phenoxy) is 2. The Morgan fingerprint density at radius 3 is 2.68 bits per heavy atom. The number of imidazole rings is 1. The summed E-state index contributed by atoms with van der Waals surface area (Å²) in [5.74, 6) is 0.0717. The van der Waals surface area contributed by atoms with Crippen LogP contribution in [0.1, 0.15) is 22.3 Å². The predicted octanol–water partition coefficient (Wildman–Crippen LogP) is 2.03. The van der Waals surface area contributed by atoms with Crippen molar-refractivity contribution in [2.24, 2.45) is 5.73 Å². The molecule has 0 unspecified atom stereocenters. The van der Waals surface area contributed by atoms with E-state index < -0.39 is 12.0 Å². The van der Waals surface area contributed by atoms with Crippen LogP contribution in [0, 0.1) is 0 Å². The second-order valence-electron chi connectivity index (χ2n) is 6.60. The van der Waals surface area contributed by atoms with E-state index in [-0.39, 0.29) is 18.1 Å². The molecule has 0 aliphatic heterocycles. The lowest BCUT2D eigenvalue weighted by molar-refractivity contribution is -0.105. The lowest BCUT2D eigenvalue weighted by atomic mass is 10.1. The zero-order chi connectivity index (χ0) is 22.2. The average Bonchev–Trinajstić information content (AvgIpc) is 3.12. The number of rotatable bonds is 10. The normalized spacial score (nSPS) is 10.5. The van der Waals surface area contributed by atoms with Crippen LogP contribution >= 0.6 is 0 Å². The molecule has 0 aliphatic carbocycles. The molecule has 3 aromatic rings. The first-order valence-electron chi connectivity index (χ1n) is 9.56. The second kappa shape index (κ2) is 10.1. The van der Waals surface area contributed by atoms with Crippen LogP contribution in [0.5, 0.6) is 5.75 Å². The minimum atomic E-state index is -0.613. The Kier molecular flexibility index (Phi) is 7.05. The van der Waals surface area contributed by atoms with E-state index in [0.29, 0.717) is 42.7 Å². The van der Waals surface area contributed by atoms with Gasteiger partial charge in [0.25, 0.3) is 0 Å². The van der Waals surface area contributed by atoms with Gasteiger partial charge in [-0.3, -0.25) is 14.9 Å². The maximum absolute atomic E-state index is 11.9. The number of anilines is 1. The van der Waals surface area contributed by atoms with E-state index in [4.69, 9.17) is 15.2 Å². The number of amides is 3. The average molecular weight is 425 g/mol. The molecular formula is C21H23N5O5. The van der Waals surface area contributed by atoms with Gasteiger partial charge in [0.2, 0.25) is 18.3 Å². The van der Waals surface area contributed by atoms with Crippen LogP contribution in [0.15, 0.2) is 42.5 Å². The molecule has 0 fully saturated rings. The summed E-state index contributed by atoms with van der Waals surface area (Å²) in [5.41, 5.74) is 7.56. The van der Waals surface area contributed by atoms with Crippen molar-refractivity contribution in [1.29, 1.82) is 0 Å². The molecular weight excluding hydrogens is 402 g/mol. The van der Waals surface area contributed by atoms with Crippen molar-refractivity contribution in [1.82, 2.24) is 14.9 Å². The van der Waals surface area contributed by atoms with Crippen LogP contribution in [-0.4, -0.2) is 41.6 Å². The number of nitrogens with zero attached hydrogens (tertiary/aromatic N) is 2. The lowest BCUT2D eigenvalue weighted by Gasteiger charge is -2.12. The third kappa shape index (κ3) is 5.30. The summed E-state index contributed by atoms with van der Waals surface area (Å²) >= 11 is 0. The zero-order valence-corrected chi connectivity index (χ0v) is 17.0. The van der Waals surface area contributed by atoms with Gasteiger partial charge in [0.1, 0.15) is 17.9 Å². The number of alkyl carbamates (subject to hydrolysis) is 1. The summed E-state index contributed by atoms with van der Waals surface area (Å²) in [6.07, 6.45) is 0.521. The number of nitrogens with one attached hydrogen (secondary N) is 2. The summed E-state index contributed by atoms with van der Waals surface area (Å²) in [4.78, 5) is 38.8. The molecule has 0 radical (unpaired) electrons. The minimum Gasteiger partial charge on any atom is -0.494 e. The number of fused-ring (bicyclic) bond motifs is 1. The predicted molar refractivity (Wildman–Crippen MR) is 114 cm³/mol. The molecule has 0 saturated heterocycles. The summed E-state index contributed by atoms with van der Waals surface area (Å²) in [5, 5.41) is 5.23. The van der Waals surface area contributed by atoms with Gasteiger partial charge in [-0.05, 0) is 24.1 Å². The maximum atomic E-state index is 11.9. The van der Waals surface area contributed by atoms with Crippen LogP contribution in [0.25, 0.3) is 11.0 Å². The monoisotopic (exact) mass is 425 g/mol. The van der Waals surface area contributed by atoms with Gasteiger partial charge in [0.15, 0.2) is 0 Å². The van der Waals surface area contributed by atoms with Crippen LogP contribution in [0.2, 0.25) is 0 Å². The third-order valence-corrected chi connectivity index (χ3v) is 4.54. The largest absolute Gasteiger partial charge is 0.494 e. The maximum Gasteiger partial charge on any atom is 0.407 e. The number of aromatic nitrogens is 2. The van der Waals surface area contributed by atoms with Crippen molar-refractivity contribution < 1.29 is 23.9 Å². The number of carbonyl (C=O) groups excluding carboxylic acids is 3. The van der Waals surface area contributed by atoms with E-state index in [1.54, 1.807) is 4.57 Å². The fourth-order valence-corrected chi connectivity index (χ4v) is 3.11. The Hall–Kier alpha value is -4.08. The SMILES string of the molecule is COc1cc(C(N)=O)cc2nc(NC=O)n(CCCNC(=O)OCc3ccccc3)c12. The Balaban J connectivity index is 1.66. The van der Waals surface area contributed by atoms with Gasteiger partial charge in [-0.2, -0.15) is 0 Å². The van der Waals surface area contributed by atoms with Crippen LogP contribution in [0.4, 0.5) is 10.7 Å². The molecule has 2 aromatic carbocycles. The number of aryl methyl sites for hydroxylation is 1. The molecule has 0 bridgehead atoms. The number of methoxy groups -OCH3 is 1. The Morgan fingerprint density at radius 2 is 2.00 bits per heavy atom. The van der Waals surface area contributed by atoms with Crippen molar-refractivity contribution in [2.45, 2.75) is 19.6 Å². The number of hydrogen-bond acceptors (Lipinski definition) is 6. The number of nitrogens with two attached hydrogens (primary N) is 1. The quantitative estimate of drug-likeness (QED) is 0.336. The summed E-state index contributed by atoms with van der Waals surface area (Å²) in [6.45, 7) is 0.944. The molecule has 10 nitrogen and oxygen atoms in total. The van der Waals surface area contributed by atoms with E-state index in [9.17, 15) is 14.4 Å². The summed E-state index contributed by atoms with van der Waals surface area (Å²) in [7, 11) is 1.47. The van der Waals surface area contributed by atoms with Crippen LogP contribution in [0.3, 0.4) is 0 Å². The number of primary amides is 1. The van der Waals surface area contributed by atoms with E-state index in [0.717, 1.165) is 5.56 Å². The van der Waals surface area contributed by atoms with Crippen molar-refractivity contribution in [3.05, 3.63) is 53.6 Å². The van der Waals surface area contributed by atoms with E-state index in [1.807, 2.05) is 30.3 Å². The molecule has 0 atom stereocenters. The van der Waals surface area contributed by atoms with Gasteiger partial charge in [0.05, 0.1) is 12.6 Å². The first-order valence-corrected chi connectivity index (χ1v) is 9.56. The molecule has 0 aliphatic rings. The highest BCUT2D eigenvalue weighted by molar-refractivity contribution is 5.99. The van der Waals surface area contributed by atoms with Crippen molar-refractivity contribution in [2.75, 3.05) is 19.0 Å². The summed E-state index contributed by atoms with van der Waals surface area (Å²) in [6, 6.07) is 12.4. The second-order valence-corrected chi connectivity index (χ2v) is 6.60. The Labute approximate surface area is 178 Å². The topological polar surface area (TPSA) is 138 Å². The van der Waals surface area contributed by atoms with Crippen molar-refractivity contribution in [3.8, 4) is 5.75 Å². The van der Waals surface area contributed by atoms with E-state index in [1.165, 1.54) is 19.2 Å². The molecule has 1 aromatic heterocycles. The first kappa shape index (κ1) is 21.6. The van der Waals surface area contributed by atoms with Crippen molar-refractivity contribution >= 4 is 35.4 Å². The highest BCUT2D eigenvalue weighted by Gasteiger charge is 2.17. The third-order valence-electron chi connectivity index (χ3n) is 4.54. The highest BCUT2D eigenvalue weighted by Crippen LogP contribution is 2.30. The smallest absolute Gasteiger partial charge is 0.407 e. The van der Waals surface area contributed by atoms with Gasteiger partial charge in [0, 0.05) is 18.7 Å². The van der Waals surface area contributed by atoms with Crippen LogP contribution in [-0.2, 0) is 22.7 Å². The van der Waals surface area contributed by atoms with E-state index >= 15 is 0 Å². The number of hydrogen-bond donors (Lipinski definition) is 3. The fourth-order valence-electron chi connectivity index (χ4n) is 3.11. The number of carbonyl (C=O) groups is 3. The van der Waals surface area contributed by atoms with Gasteiger partial charge < -0.3 is 25.1 Å². The molecule has 31 heavy (non-hydrogen) atoms. The molecule has 0 spiro atoms. The van der Waals surface area contributed by atoms with Crippen LogP contribution < -0.4 is 21.1 Å². The molecule has 162 valence electrons. The van der Waals surface area contributed by atoms with Crippen molar-refractivity contribution in [3.63, 3.8) is 0 Å². The number of benzene rings is 2. The Bertz CT molecular complexity index is 1080.